The smallest absolute Gasteiger partial charge is 0.122 e. The molecule has 1 aromatic rings. The molecule has 0 aliphatic heterocycles. The van der Waals surface area contributed by atoms with Crippen molar-refractivity contribution < 1.29 is 5.11 Å². The normalized spacial score (nSPS) is 10.6. The Balaban J connectivity index is 0.000000921. The van der Waals surface area contributed by atoms with Crippen LogP contribution in [-0.4, -0.2) is 5.11 Å². The first kappa shape index (κ1) is 14.5. The second-order valence-electron chi connectivity index (χ2n) is 4.37. The molecule has 0 bridgehead atoms. The summed E-state index contributed by atoms with van der Waals surface area (Å²) in [6.07, 6.45) is 0. The summed E-state index contributed by atoms with van der Waals surface area (Å²) in [5.41, 5.74) is 1.89. The summed E-state index contributed by atoms with van der Waals surface area (Å²) in [4.78, 5) is 0. The van der Waals surface area contributed by atoms with Crippen LogP contribution in [0.25, 0.3) is 0 Å². The zero-order valence-corrected chi connectivity index (χ0v) is 12.1. The lowest BCUT2D eigenvalue weighted by molar-refractivity contribution is 0.442. The van der Waals surface area contributed by atoms with Crippen molar-refractivity contribution in [2.75, 3.05) is 0 Å². The molecule has 0 atom stereocenters. The lowest BCUT2D eigenvalue weighted by Crippen LogP contribution is -2.11. The Morgan fingerprint density at radius 3 is 2.00 bits per heavy atom. The molecule has 15 heavy (non-hydrogen) atoms. The van der Waals surface area contributed by atoms with Gasteiger partial charge in [0.15, 0.2) is 0 Å². The van der Waals surface area contributed by atoms with Crippen molar-refractivity contribution in [3.05, 3.63) is 27.7 Å². The molecular weight excluding hydrogens is 252 g/mol. The number of phenolic OH excluding ortho intramolecular Hbond substituents is 1. The van der Waals surface area contributed by atoms with Crippen LogP contribution in [0.5, 0.6) is 5.75 Å². The number of halogens is 1. The van der Waals surface area contributed by atoms with Gasteiger partial charge in [-0.1, -0.05) is 50.5 Å². The van der Waals surface area contributed by atoms with E-state index in [1.54, 1.807) is 0 Å². The molecule has 86 valence electrons. The van der Waals surface area contributed by atoms with E-state index < -0.39 is 0 Å². The topological polar surface area (TPSA) is 20.2 Å². The fourth-order valence-electron chi connectivity index (χ4n) is 1.31. The molecule has 1 rings (SSSR count). The van der Waals surface area contributed by atoms with Crippen molar-refractivity contribution in [3.8, 4) is 5.75 Å². The van der Waals surface area contributed by atoms with Crippen molar-refractivity contribution in [3.63, 3.8) is 0 Å². The van der Waals surface area contributed by atoms with Crippen molar-refractivity contribution in [1.82, 2.24) is 0 Å². The van der Waals surface area contributed by atoms with Gasteiger partial charge in [0.25, 0.3) is 0 Å². The highest BCUT2D eigenvalue weighted by Gasteiger charge is 2.19. The second kappa shape index (κ2) is 5.55. The van der Waals surface area contributed by atoms with Gasteiger partial charge < -0.3 is 5.11 Å². The average Bonchev–Trinajstić information content (AvgIpc) is 2.13. The highest BCUT2D eigenvalue weighted by molar-refractivity contribution is 9.10. The van der Waals surface area contributed by atoms with Gasteiger partial charge >= 0.3 is 0 Å². The zero-order valence-electron chi connectivity index (χ0n) is 10.5. The summed E-state index contributed by atoms with van der Waals surface area (Å²) in [6, 6.07) is 3.90. The fraction of sp³-hybridized carbons (Fsp3) is 0.538. The third-order valence-electron chi connectivity index (χ3n) is 2.07. The summed E-state index contributed by atoms with van der Waals surface area (Å²) >= 11 is 3.43. The maximum Gasteiger partial charge on any atom is 0.122 e. The molecule has 2 heteroatoms. The number of aryl methyl sites for hydroxylation is 1. The minimum Gasteiger partial charge on any atom is -0.507 e. The lowest BCUT2D eigenvalue weighted by Gasteiger charge is -2.21. The van der Waals surface area contributed by atoms with E-state index in [2.05, 4.69) is 36.7 Å². The van der Waals surface area contributed by atoms with Crippen LogP contribution in [0, 0.1) is 6.92 Å². The lowest BCUT2D eigenvalue weighted by atomic mass is 9.85. The molecule has 0 radical (unpaired) electrons. The monoisotopic (exact) mass is 272 g/mol. The molecule has 0 aliphatic carbocycles. The van der Waals surface area contributed by atoms with E-state index in [4.69, 9.17) is 0 Å². The quantitative estimate of drug-likeness (QED) is 0.720. The summed E-state index contributed by atoms with van der Waals surface area (Å²) < 4.78 is 1.02. The standard InChI is InChI=1S/C11H15BrO.C2H6/c1-7-5-8(12)6-9(10(7)13)11(2,3)4;1-2/h5-6,13H,1-4H3;1-2H3. The van der Waals surface area contributed by atoms with Crippen molar-refractivity contribution in [1.29, 1.82) is 0 Å². The first-order chi connectivity index (χ1) is 6.82. The molecule has 0 amide bonds. The van der Waals surface area contributed by atoms with E-state index in [1.165, 1.54) is 0 Å². The summed E-state index contributed by atoms with van der Waals surface area (Å²) in [6.45, 7) is 12.2. The second-order valence-corrected chi connectivity index (χ2v) is 5.28. The summed E-state index contributed by atoms with van der Waals surface area (Å²) in [7, 11) is 0. The van der Waals surface area contributed by atoms with Gasteiger partial charge in [-0.15, -0.1) is 0 Å². The summed E-state index contributed by atoms with van der Waals surface area (Å²) in [5.74, 6) is 0.413. The van der Waals surface area contributed by atoms with E-state index in [1.807, 2.05) is 32.9 Å². The molecule has 0 fully saturated rings. The van der Waals surface area contributed by atoms with Gasteiger partial charge in [-0.25, -0.2) is 0 Å². The van der Waals surface area contributed by atoms with Gasteiger partial charge in [-0.2, -0.15) is 0 Å². The number of hydrogen-bond donors (Lipinski definition) is 1. The van der Waals surface area contributed by atoms with Crippen molar-refractivity contribution in [2.24, 2.45) is 0 Å². The van der Waals surface area contributed by atoms with Gasteiger partial charge in [0.2, 0.25) is 0 Å². The number of hydrogen-bond acceptors (Lipinski definition) is 1. The highest BCUT2D eigenvalue weighted by Crippen LogP contribution is 2.35. The number of benzene rings is 1. The van der Waals surface area contributed by atoms with Crippen molar-refractivity contribution in [2.45, 2.75) is 47.0 Å². The van der Waals surface area contributed by atoms with Crippen LogP contribution >= 0.6 is 15.9 Å². The number of rotatable bonds is 0. The maximum atomic E-state index is 9.84. The minimum absolute atomic E-state index is 0.0153. The van der Waals surface area contributed by atoms with Gasteiger partial charge in [-0.05, 0) is 30.0 Å². The van der Waals surface area contributed by atoms with E-state index in [0.717, 1.165) is 15.6 Å². The van der Waals surface area contributed by atoms with Crippen molar-refractivity contribution >= 4 is 15.9 Å². The zero-order chi connectivity index (χ0) is 12.2. The van der Waals surface area contributed by atoms with Gasteiger partial charge in [0, 0.05) is 10.0 Å². The van der Waals surface area contributed by atoms with E-state index in [9.17, 15) is 5.11 Å². The Morgan fingerprint density at radius 1 is 1.13 bits per heavy atom. The first-order valence-electron chi connectivity index (χ1n) is 5.32. The molecule has 0 aromatic heterocycles. The van der Waals surface area contributed by atoms with E-state index in [0.29, 0.717) is 5.75 Å². The molecule has 0 saturated carbocycles. The Hall–Kier alpha value is -0.500. The fourth-order valence-corrected chi connectivity index (χ4v) is 1.88. The van der Waals surface area contributed by atoms with E-state index >= 15 is 0 Å². The molecule has 0 heterocycles. The highest BCUT2D eigenvalue weighted by atomic mass is 79.9. The van der Waals surface area contributed by atoms with Crippen LogP contribution in [0.4, 0.5) is 0 Å². The average molecular weight is 273 g/mol. The van der Waals surface area contributed by atoms with Crippen LogP contribution in [-0.2, 0) is 5.41 Å². The Bertz CT molecular complexity index is 324. The Morgan fingerprint density at radius 2 is 1.60 bits per heavy atom. The molecular formula is C13H21BrO. The van der Waals surface area contributed by atoms with Gasteiger partial charge in [0.1, 0.15) is 5.75 Å². The predicted octanol–water partition coefficient (Wildman–Crippen LogP) is 4.79. The van der Waals surface area contributed by atoms with E-state index in [-0.39, 0.29) is 5.41 Å². The SMILES string of the molecule is CC.Cc1cc(Br)cc(C(C)(C)C)c1O. The number of phenols is 1. The Kier molecular flexibility index (Phi) is 5.36. The van der Waals surface area contributed by atoms with Crippen LogP contribution in [0.15, 0.2) is 16.6 Å². The minimum atomic E-state index is -0.0153. The van der Waals surface area contributed by atoms with Gasteiger partial charge in [0.05, 0.1) is 0 Å². The molecule has 0 spiro atoms. The van der Waals surface area contributed by atoms with Gasteiger partial charge in [-0.3, -0.25) is 0 Å². The van der Waals surface area contributed by atoms with Crippen LogP contribution in [0.3, 0.4) is 0 Å². The Labute approximate surface area is 102 Å². The molecule has 0 unspecified atom stereocenters. The van der Waals surface area contributed by atoms with Crippen LogP contribution in [0.2, 0.25) is 0 Å². The third kappa shape index (κ3) is 3.86. The predicted molar refractivity (Wildman–Crippen MR) is 70.6 cm³/mol. The third-order valence-corrected chi connectivity index (χ3v) is 2.53. The molecule has 1 N–H and O–H groups in total. The number of aromatic hydroxyl groups is 1. The van der Waals surface area contributed by atoms with Crippen LogP contribution < -0.4 is 0 Å². The first-order valence-corrected chi connectivity index (χ1v) is 6.11. The van der Waals surface area contributed by atoms with Crippen LogP contribution in [0.1, 0.15) is 45.7 Å². The molecule has 1 nitrogen and oxygen atoms in total. The molecule has 0 aliphatic rings. The summed E-state index contributed by atoms with van der Waals surface area (Å²) in [5, 5.41) is 9.84. The maximum absolute atomic E-state index is 9.84. The molecule has 1 aromatic carbocycles. The largest absolute Gasteiger partial charge is 0.507 e. The molecule has 0 saturated heterocycles.